The third-order valence-corrected chi connectivity index (χ3v) is 3.95. The van der Waals surface area contributed by atoms with Gasteiger partial charge in [0.05, 0.1) is 4.88 Å². The van der Waals surface area contributed by atoms with Crippen LogP contribution in [0.2, 0.25) is 0 Å². The zero-order valence-electron chi connectivity index (χ0n) is 11.3. The van der Waals surface area contributed by atoms with Gasteiger partial charge in [-0.2, -0.15) is 0 Å². The Kier molecular flexibility index (Phi) is 4.39. The molecule has 3 N–H and O–H groups in total. The lowest BCUT2D eigenvalue weighted by atomic mass is 10.2. The van der Waals surface area contributed by atoms with Crippen molar-refractivity contribution in [1.29, 1.82) is 0 Å². The minimum atomic E-state index is -0.00136. The molecule has 0 unspecified atom stereocenters. The molecule has 0 fully saturated rings. The van der Waals surface area contributed by atoms with Gasteiger partial charge in [-0.1, -0.05) is 0 Å². The van der Waals surface area contributed by atoms with Crippen molar-refractivity contribution in [2.45, 2.75) is 6.42 Å². The maximum absolute atomic E-state index is 12.0. The highest BCUT2D eigenvalue weighted by molar-refractivity contribution is 7.20. The van der Waals surface area contributed by atoms with Crippen molar-refractivity contribution in [3.8, 4) is 0 Å². The summed E-state index contributed by atoms with van der Waals surface area (Å²) >= 11 is 1.50. The molecule has 0 bridgehead atoms. The summed E-state index contributed by atoms with van der Waals surface area (Å²) in [5, 5.41) is 3.97. The number of nitrogens with two attached hydrogens (primary N) is 1. The van der Waals surface area contributed by atoms with Crippen molar-refractivity contribution in [3.63, 3.8) is 0 Å². The van der Waals surface area contributed by atoms with E-state index >= 15 is 0 Å². The lowest BCUT2D eigenvalue weighted by Gasteiger charge is -2.09. The number of nitrogens with one attached hydrogen (secondary N) is 1. The summed E-state index contributed by atoms with van der Waals surface area (Å²) in [6, 6.07) is 7.61. The minimum absolute atomic E-state index is 0.00136. The predicted octanol–water partition coefficient (Wildman–Crippen LogP) is 2.17. The van der Waals surface area contributed by atoms with Crippen LogP contribution in [0.15, 0.2) is 24.3 Å². The first-order valence-electron chi connectivity index (χ1n) is 6.28. The summed E-state index contributed by atoms with van der Waals surface area (Å²) in [6.45, 7) is 1.68. The van der Waals surface area contributed by atoms with Crippen LogP contribution < -0.4 is 11.1 Å². The second kappa shape index (κ2) is 6.04. The van der Waals surface area contributed by atoms with Crippen LogP contribution in [0.4, 0.5) is 5.69 Å². The molecule has 5 heteroatoms. The molecule has 2 aromatic rings. The topological polar surface area (TPSA) is 58.4 Å². The molecular formula is C14H19N3OS. The van der Waals surface area contributed by atoms with E-state index in [2.05, 4.69) is 10.2 Å². The van der Waals surface area contributed by atoms with Gasteiger partial charge in [0, 0.05) is 16.9 Å². The lowest BCUT2D eigenvalue weighted by Crippen LogP contribution is -2.26. The van der Waals surface area contributed by atoms with Crippen molar-refractivity contribution < 1.29 is 4.79 Å². The van der Waals surface area contributed by atoms with Gasteiger partial charge in [0.1, 0.15) is 0 Å². The van der Waals surface area contributed by atoms with E-state index in [0.717, 1.165) is 33.6 Å². The standard InChI is InChI=1S/C14H19N3OS/c1-17(2)7-3-6-16-14(18)13-9-10-8-11(15)4-5-12(10)19-13/h4-5,8-9H,3,6-7,15H2,1-2H3,(H,16,18). The van der Waals surface area contributed by atoms with Crippen molar-refractivity contribution in [2.75, 3.05) is 32.9 Å². The van der Waals surface area contributed by atoms with Crippen molar-refractivity contribution in [1.82, 2.24) is 10.2 Å². The van der Waals surface area contributed by atoms with Crippen LogP contribution in [-0.2, 0) is 0 Å². The van der Waals surface area contributed by atoms with Crippen LogP contribution in [0.5, 0.6) is 0 Å². The second-order valence-corrected chi connectivity index (χ2v) is 5.90. The average Bonchev–Trinajstić information content (AvgIpc) is 2.77. The fraction of sp³-hybridized carbons (Fsp3) is 0.357. The summed E-state index contributed by atoms with van der Waals surface area (Å²) in [6.07, 6.45) is 0.955. The smallest absolute Gasteiger partial charge is 0.261 e. The normalized spacial score (nSPS) is 11.1. The van der Waals surface area contributed by atoms with Crippen LogP contribution in [0.25, 0.3) is 10.1 Å². The lowest BCUT2D eigenvalue weighted by molar-refractivity contribution is 0.0956. The van der Waals surface area contributed by atoms with Gasteiger partial charge in [0.15, 0.2) is 0 Å². The Bertz CT molecular complexity index is 577. The Morgan fingerprint density at radius 2 is 2.16 bits per heavy atom. The molecule has 0 aliphatic carbocycles. The highest BCUT2D eigenvalue weighted by Crippen LogP contribution is 2.27. The molecular weight excluding hydrogens is 258 g/mol. The van der Waals surface area contributed by atoms with Crippen LogP contribution in [-0.4, -0.2) is 38.0 Å². The SMILES string of the molecule is CN(C)CCCNC(=O)c1cc2cc(N)ccc2s1. The van der Waals surface area contributed by atoms with Gasteiger partial charge < -0.3 is 16.0 Å². The Morgan fingerprint density at radius 1 is 1.37 bits per heavy atom. The Morgan fingerprint density at radius 3 is 2.89 bits per heavy atom. The highest BCUT2D eigenvalue weighted by atomic mass is 32.1. The summed E-state index contributed by atoms with van der Waals surface area (Å²) in [7, 11) is 4.05. The van der Waals surface area contributed by atoms with E-state index in [1.807, 2.05) is 38.4 Å². The first kappa shape index (κ1) is 13.8. The number of benzene rings is 1. The number of hydrogen-bond donors (Lipinski definition) is 2. The van der Waals surface area contributed by atoms with Crippen molar-refractivity contribution in [3.05, 3.63) is 29.1 Å². The maximum Gasteiger partial charge on any atom is 0.261 e. The molecule has 0 saturated heterocycles. The number of fused-ring (bicyclic) bond motifs is 1. The van der Waals surface area contributed by atoms with E-state index in [4.69, 9.17) is 5.73 Å². The monoisotopic (exact) mass is 277 g/mol. The third-order valence-electron chi connectivity index (χ3n) is 2.83. The number of amides is 1. The number of nitrogen functional groups attached to an aromatic ring is 1. The largest absolute Gasteiger partial charge is 0.399 e. The molecule has 0 aliphatic rings. The second-order valence-electron chi connectivity index (χ2n) is 4.82. The van der Waals surface area contributed by atoms with Crippen LogP contribution in [0.1, 0.15) is 16.1 Å². The number of nitrogens with zero attached hydrogens (tertiary/aromatic N) is 1. The zero-order valence-corrected chi connectivity index (χ0v) is 12.1. The summed E-state index contributed by atoms with van der Waals surface area (Å²) < 4.78 is 1.09. The fourth-order valence-corrected chi connectivity index (χ4v) is 2.82. The summed E-state index contributed by atoms with van der Waals surface area (Å²) in [5.74, 6) is -0.00136. The van der Waals surface area contributed by atoms with Gasteiger partial charge in [0.2, 0.25) is 0 Å². The van der Waals surface area contributed by atoms with Crippen LogP contribution in [0.3, 0.4) is 0 Å². The molecule has 0 spiro atoms. The number of rotatable bonds is 5. The Balaban J connectivity index is 1.97. The number of carbonyl (C=O) groups excluding carboxylic acids is 1. The van der Waals surface area contributed by atoms with Gasteiger partial charge in [0.25, 0.3) is 5.91 Å². The van der Waals surface area contributed by atoms with E-state index in [-0.39, 0.29) is 5.91 Å². The fourth-order valence-electron chi connectivity index (χ4n) is 1.86. The molecule has 4 nitrogen and oxygen atoms in total. The van der Waals surface area contributed by atoms with Gasteiger partial charge in [-0.25, -0.2) is 0 Å². The van der Waals surface area contributed by atoms with Gasteiger partial charge in [-0.15, -0.1) is 11.3 Å². The van der Waals surface area contributed by atoms with E-state index in [1.54, 1.807) is 0 Å². The minimum Gasteiger partial charge on any atom is -0.399 e. The first-order valence-corrected chi connectivity index (χ1v) is 7.10. The molecule has 1 heterocycles. The molecule has 1 aromatic carbocycles. The number of anilines is 1. The van der Waals surface area contributed by atoms with E-state index < -0.39 is 0 Å². The molecule has 2 rings (SSSR count). The predicted molar refractivity (Wildman–Crippen MR) is 81.7 cm³/mol. The average molecular weight is 277 g/mol. The van der Waals surface area contributed by atoms with Gasteiger partial charge in [-0.05, 0) is 56.7 Å². The molecule has 0 atom stereocenters. The molecule has 0 radical (unpaired) electrons. The van der Waals surface area contributed by atoms with E-state index in [9.17, 15) is 4.79 Å². The van der Waals surface area contributed by atoms with Crippen LogP contribution >= 0.6 is 11.3 Å². The molecule has 0 aliphatic heterocycles. The maximum atomic E-state index is 12.0. The number of hydrogen-bond acceptors (Lipinski definition) is 4. The molecule has 1 amide bonds. The third kappa shape index (κ3) is 3.68. The quantitative estimate of drug-likeness (QED) is 0.650. The van der Waals surface area contributed by atoms with Crippen molar-refractivity contribution in [2.24, 2.45) is 0 Å². The van der Waals surface area contributed by atoms with Crippen molar-refractivity contribution >= 4 is 33.0 Å². The van der Waals surface area contributed by atoms with E-state index in [0.29, 0.717) is 6.54 Å². The zero-order chi connectivity index (χ0) is 13.8. The van der Waals surface area contributed by atoms with Gasteiger partial charge in [-0.3, -0.25) is 4.79 Å². The Labute approximate surface area is 117 Å². The van der Waals surface area contributed by atoms with E-state index in [1.165, 1.54) is 11.3 Å². The summed E-state index contributed by atoms with van der Waals surface area (Å²) in [5.41, 5.74) is 6.46. The highest BCUT2D eigenvalue weighted by Gasteiger charge is 2.09. The van der Waals surface area contributed by atoms with Gasteiger partial charge >= 0.3 is 0 Å². The molecule has 1 aromatic heterocycles. The number of carbonyl (C=O) groups is 1. The first-order chi connectivity index (χ1) is 9.06. The summed E-state index contributed by atoms with van der Waals surface area (Å²) in [4.78, 5) is 14.8. The Hall–Kier alpha value is -1.59. The molecule has 19 heavy (non-hydrogen) atoms. The molecule has 0 saturated carbocycles. The number of thiophene rings is 1. The van der Waals surface area contributed by atoms with Crippen LogP contribution in [0, 0.1) is 0 Å². The molecule has 102 valence electrons.